The largest absolute Gasteiger partial charge is 0.361 e. The van der Waals surface area contributed by atoms with E-state index >= 15 is 0 Å². The number of hydrogen-bond acceptors (Lipinski definition) is 1. The third kappa shape index (κ3) is 2.51. The third-order valence-electron chi connectivity index (χ3n) is 3.94. The molecule has 0 amide bonds. The van der Waals surface area contributed by atoms with E-state index < -0.39 is 0 Å². The van der Waals surface area contributed by atoms with Crippen molar-refractivity contribution >= 4 is 49.6 Å². The van der Waals surface area contributed by atoms with Gasteiger partial charge in [-0.3, -0.25) is 4.79 Å². The predicted molar refractivity (Wildman–Crippen MR) is 97.7 cm³/mol. The van der Waals surface area contributed by atoms with Gasteiger partial charge in [-0.25, -0.2) is 0 Å². The van der Waals surface area contributed by atoms with E-state index in [1.54, 1.807) is 12.3 Å². The molecule has 4 aromatic rings. The van der Waals surface area contributed by atoms with E-state index in [1.165, 1.54) is 0 Å². The number of rotatable bonds is 3. The molecule has 0 aliphatic rings. The smallest absolute Gasteiger partial charge is 0.188 e. The van der Waals surface area contributed by atoms with Gasteiger partial charge in [0.05, 0.1) is 0 Å². The van der Waals surface area contributed by atoms with Crippen LogP contribution in [-0.2, 0) is 0 Å². The van der Waals surface area contributed by atoms with Crippen LogP contribution in [0, 0.1) is 0 Å². The van der Waals surface area contributed by atoms with Crippen molar-refractivity contribution in [1.29, 1.82) is 0 Å². The van der Waals surface area contributed by atoms with Crippen LogP contribution in [0.1, 0.15) is 15.9 Å². The highest BCUT2D eigenvalue weighted by Crippen LogP contribution is 2.24. The highest BCUT2D eigenvalue weighted by Gasteiger charge is 2.09. The van der Waals surface area contributed by atoms with E-state index in [0.717, 1.165) is 31.8 Å². The number of aromatic nitrogens is 2. The summed E-state index contributed by atoms with van der Waals surface area (Å²) in [7, 11) is 0. The molecule has 4 heteroatoms. The SMILES string of the molecule is O=C(/C=C/c1c[nH]c2ccc(Br)cc12)c1c[nH]c2ccccc12. The molecular weight excluding hydrogens is 352 g/mol. The van der Waals surface area contributed by atoms with Crippen molar-refractivity contribution in [2.24, 2.45) is 0 Å². The number of H-pyrrole nitrogens is 2. The highest BCUT2D eigenvalue weighted by molar-refractivity contribution is 9.10. The van der Waals surface area contributed by atoms with Gasteiger partial charge in [0.2, 0.25) is 0 Å². The molecule has 0 unspecified atom stereocenters. The molecule has 0 aliphatic heterocycles. The van der Waals surface area contributed by atoms with Crippen molar-refractivity contribution in [2.45, 2.75) is 0 Å². The van der Waals surface area contributed by atoms with E-state index in [9.17, 15) is 4.79 Å². The maximum absolute atomic E-state index is 12.5. The molecule has 0 saturated carbocycles. The maximum atomic E-state index is 12.5. The number of para-hydroxylation sites is 1. The number of fused-ring (bicyclic) bond motifs is 2. The molecule has 0 atom stereocenters. The Morgan fingerprint density at radius 3 is 2.65 bits per heavy atom. The Hall–Kier alpha value is -2.59. The van der Waals surface area contributed by atoms with Crippen molar-refractivity contribution in [3.63, 3.8) is 0 Å². The van der Waals surface area contributed by atoms with E-state index in [-0.39, 0.29) is 5.78 Å². The van der Waals surface area contributed by atoms with Crippen molar-refractivity contribution in [3.8, 4) is 0 Å². The van der Waals surface area contributed by atoms with Gasteiger partial charge in [-0.1, -0.05) is 34.1 Å². The Morgan fingerprint density at radius 2 is 1.74 bits per heavy atom. The number of carbonyl (C=O) groups excluding carboxylic acids is 1. The molecule has 0 spiro atoms. The van der Waals surface area contributed by atoms with Crippen LogP contribution in [0.25, 0.3) is 27.9 Å². The number of halogens is 1. The van der Waals surface area contributed by atoms with E-state index in [0.29, 0.717) is 5.56 Å². The molecule has 0 bridgehead atoms. The summed E-state index contributed by atoms with van der Waals surface area (Å²) in [5.41, 5.74) is 3.71. The minimum absolute atomic E-state index is 0.00760. The number of nitrogens with one attached hydrogen (secondary N) is 2. The van der Waals surface area contributed by atoms with Crippen LogP contribution in [0.3, 0.4) is 0 Å². The second-order valence-electron chi connectivity index (χ2n) is 5.38. The zero-order valence-corrected chi connectivity index (χ0v) is 13.7. The minimum Gasteiger partial charge on any atom is -0.361 e. The van der Waals surface area contributed by atoms with E-state index in [1.807, 2.05) is 54.7 Å². The molecule has 2 heterocycles. The fourth-order valence-corrected chi connectivity index (χ4v) is 3.14. The first-order valence-corrected chi connectivity index (χ1v) is 8.07. The van der Waals surface area contributed by atoms with Gasteiger partial charge in [0.1, 0.15) is 0 Å². The predicted octanol–water partition coefficient (Wildman–Crippen LogP) is 5.31. The topological polar surface area (TPSA) is 48.6 Å². The number of carbonyl (C=O) groups is 1. The van der Waals surface area contributed by atoms with Crippen LogP contribution >= 0.6 is 15.9 Å². The molecule has 0 saturated heterocycles. The molecule has 112 valence electrons. The second-order valence-corrected chi connectivity index (χ2v) is 6.30. The molecule has 0 fully saturated rings. The number of allylic oxidation sites excluding steroid dienone is 1. The van der Waals surface area contributed by atoms with Gasteiger partial charge >= 0.3 is 0 Å². The Bertz CT molecular complexity index is 1060. The fourth-order valence-electron chi connectivity index (χ4n) is 2.78. The Morgan fingerprint density at radius 1 is 0.957 bits per heavy atom. The Balaban J connectivity index is 1.70. The van der Waals surface area contributed by atoms with Crippen molar-refractivity contribution in [1.82, 2.24) is 9.97 Å². The number of hydrogen-bond donors (Lipinski definition) is 2. The summed E-state index contributed by atoms with van der Waals surface area (Å²) in [5, 5.41) is 2.03. The van der Waals surface area contributed by atoms with Crippen LogP contribution in [0.5, 0.6) is 0 Å². The molecule has 3 nitrogen and oxygen atoms in total. The molecule has 2 N–H and O–H groups in total. The third-order valence-corrected chi connectivity index (χ3v) is 4.44. The first-order valence-electron chi connectivity index (χ1n) is 7.27. The summed E-state index contributed by atoms with van der Waals surface area (Å²) in [6, 6.07) is 13.9. The molecular formula is C19H13BrN2O. The molecule has 2 aromatic heterocycles. The molecule has 23 heavy (non-hydrogen) atoms. The monoisotopic (exact) mass is 364 g/mol. The summed E-state index contributed by atoms with van der Waals surface area (Å²) in [6.07, 6.45) is 7.16. The lowest BCUT2D eigenvalue weighted by molar-refractivity contribution is 0.104. The zero-order valence-electron chi connectivity index (χ0n) is 12.1. The quantitative estimate of drug-likeness (QED) is 0.375. The number of aromatic amines is 2. The van der Waals surface area contributed by atoms with Gasteiger partial charge in [0, 0.05) is 44.2 Å². The van der Waals surface area contributed by atoms with Crippen LogP contribution in [0.4, 0.5) is 0 Å². The van der Waals surface area contributed by atoms with Gasteiger partial charge in [0.15, 0.2) is 5.78 Å². The lowest BCUT2D eigenvalue weighted by Crippen LogP contribution is -1.91. The van der Waals surface area contributed by atoms with E-state index in [4.69, 9.17) is 0 Å². The van der Waals surface area contributed by atoms with Gasteiger partial charge in [-0.15, -0.1) is 0 Å². The molecule has 0 aliphatic carbocycles. The second kappa shape index (κ2) is 5.56. The summed E-state index contributed by atoms with van der Waals surface area (Å²) in [4.78, 5) is 18.8. The first kappa shape index (κ1) is 14.0. The minimum atomic E-state index is -0.00760. The van der Waals surface area contributed by atoms with Crippen LogP contribution in [0.2, 0.25) is 0 Å². The Kier molecular flexibility index (Phi) is 3.39. The van der Waals surface area contributed by atoms with Gasteiger partial charge in [-0.05, 0) is 42.0 Å². The summed E-state index contributed by atoms with van der Waals surface area (Å²) in [5.74, 6) is -0.00760. The highest BCUT2D eigenvalue weighted by atomic mass is 79.9. The molecule has 4 rings (SSSR count). The lowest BCUT2D eigenvalue weighted by atomic mass is 10.1. The Labute approximate surface area is 141 Å². The van der Waals surface area contributed by atoms with Crippen LogP contribution in [-0.4, -0.2) is 15.8 Å². The van der Waals surface area contributed by atoms with Crippen molar-refractivity contribution in [3.05, 3.63) is 76.5 Å². The normalized spacial score (nSPS) is 11.7. The van der Waals surface area contributed by atoms with Gasteiger partial charge in [0.25, 0.3) is 0 Å². The fraction of sp³-hybridized carbons (Fsp3) is 0. The molecule has 2 aromatic carbocycles. The lowest BCUT2D eigenvalue weighted by Gasteiger charge is -1.95. The van der Waals surface area contributed by atoms with Crippen LogP contribution in [0.15, 0.2) is 65.4 Å². The maximum Gasteiger partial charge on any atom is 0.188 e. The van der Waals surface area contributed by atoms with Crippen molar-refractivity contribution < 1.29 is 4.79 Å². The first-order chi connectivity index (χ1) is 11.2. The number of ketones is 1. The van der Waals surface area contributed by atoms with E-state index in [2.05, 4.69) is 25.9 Å². The summed E-state index contributed by atoms with van der Waals surface area (Å²) in [6.45, 7) is 0. The molecule has 0 radical (unpaired) electrons. The van der Waals surface area contributed by atoms with Gasteiger partial charge in [-0.2, -0.15) is 0 Å². The standard InChI is InChI=1S/C19H13BrN2O/c20-13-6-7-18-15(9-13)12(10-21-18)5-8-19(23)16-11-22-17-4-2-1-3-14(16)17/h1-11,21-22H/b8-5+. The zero-order chi connectivity index (χ0) is 15.8. The number of benzene rings is 2. The van der Waals surface area contributed by atoms with Gasteiger partial charge < -0.3 is 9.97 Å². The summed E-state index contributed by atoms with van der Waals surface area (Å²) < 4.78 is 1.02. The average Bonchev–Trinajstić information content (AvgIpc) is 3.16. The average molecular weight is 365 g/mol. The summed E-state index contributed by atoms with van der Waals surface area (Å²) >= 11 is 3.48. The van der Waals surface area contributed by atoms with Crippen molar-refractivity contribution in [2.75, 3.05) is 0 Å². The van der Waals surface area contributed by atoms with Crippen LogP contribution < -0.4 is 0 Å².